The van der Waals surface area contributed by atoms with Crippen LogP contribution in [0.3, 0.4) is 0 Å². The minimum absolute atomic E-state index is 0.00492. The lowest BCUT2D eigenvalue weighted by molar-refractivity contribution is -0.117. The van der Waals surface area contributed by atoms with Crippen LogP contribution >= 0.6 is 11.6 Å². The molecule has 7 heteroatoms. The summed E-state index contributed by atoms with van der Waals surface area (Å²) in [6.45, 7) is 5.65. The van der Waals surface area contributed by atoms with Crippen LogP contribution in [-0.2, 0) is 9.53 Å². The first kappa shape index (κ1) is 17.7. The van der Waals surface area contributed by atoms with Crippen LogP contribution in [0.2, 0.25) is 5.02 Å². The zero-order chi connectivity index (χ0) is 16.8. The number of ether oxygens (including phenoxy) is 1. The Hall–Kier alpha value is -1.63. The van der Waals surface area contributed by atoms with Crippen molar-refractivity contribution in [3.05, 3.63) is 28.8 Å². The Kier molecular flexibility index (Phi) is 6.38. The van der Waals surface area contributed by atoms with Crippen molar-refractivity contribution in [3.8, 4) is 0 Å². The molecule has 1 fully saturated rings. The normalized spacial score (nSPS) is 17.8. The van der Waals surface area contributed by atoms with Crippen molar-refractivity contribution in [1.29, 1.82) is 0 Å². The number of carbonyl (C=O) groups excluding carboxylic acids is 2. The van der Waals surface area contributed by atoms with Crippen molar-refractivity contribution in [2.24, 2.45) is 0 Å². The summed E-state index contributed by atoms with van der Waals surface area (Å²) in [5.74, 6) is -0.431. The second-order valence-corrected chi connectivity index (χ2v) is 6.23. The molecule has 3 N–H and O–H groups in total. The molecule has 1 atom stereocenters. The molecule has 2 amide bonds. The lowest BCUT2D eigenvalue weighted by Gasteiger charge is -2.23. The maximum atomic E-state index is 12.2. The summed E-state index contributed by atoms with van der Waals surface area (Å²) in [6, 6.07) is 4.81. The molecule has 0 aliphatic carbocycles. The Bertz CT molecular complexity index is 572. The molecular formula is C16H22ClN3O3. The summed E-state index contributed by atoms with van der Waals surface area (Å²) < 4.78 is 5.33. The molecular weight excluding hydrogens is 318 g/mol. The van der Waals surface area contributed by atoms with Crippen LogP contribution in [0.1, 0.15) is 30.6 Å². The molecule has 1 saturated heterocycles. The number of nitrogens with one attached hydrogen (secondary N) is 3. The zero-order valence-corrected chi connectivity index (χ0v) is 14.1. The summed E-state index contributed by atoms with van der Waals surface area (Å²) in [7, 11) is 0. The van der Waals surface area contributed by atoms with Crippen molar-refractivity contribution in [2.45, 2.75) is 32.4 Å². The van der Waals surface area contributed by atoms with Gasteiger partial charge >= 0.3 is 0 Å². The van der Waals surface area contributed by atoms with Gasteiger partial charge in [0.2, 0.25) is 5.91 Å². The molecule has 0 radical (unpaired) electrons. The van der Waals surface area contributed by atoms with Gasteiger partial charge in [0.1, 0.15) is 0 Å². The molecule has 1 aliphatic heterocycles. The highest BCUT2D eigenvalue weighted by Crippen LogP contribution is 2.21. The third-order valence-electron chi connectivity index (χ3n) is 3.35. The van der Waals surface area contributed by atoms with Crippen molar-refractivity contribution < 1.29 is 14.3 Å². The van der Waals surface area contributed by atoms with E-state index in [9.17, 15) is 9.59 Å². The minimum Gasteiger partial charge on any atom is -0.378 e. The topological polar surface area (TPSA) is 79.5 Å². The molecule has 1 aliphatic rings. The molecule has 1 aromatic rings. The molecule has 0 spiro atoms. The number of halogens is 1. The highest BCUT2D eigenvalue weighted by molar-refractivity contribution is 6.31. The molecule has 0 saturated carbocycles. The summed E-state index contributed by atoms with van der Waals surface area (Å²) >= 11 is 5.99. The number of amides is 2. The Labute approximate surface area is 140 Å². The van der Waals surface area contributed by atoms with Gasteiger partial charge in [0.05, 0.1) is 24.5 Å². The van der Waals surface area contributed by atoms with E-state index in [0.29, 0.717) is 29.5 Å². The van der Waals surface area contributed by atoms with Gasteiger partial charge in [0.15, 0.2) is 0 Å². The van der Waals surface area contributed by atoms with E-state index in [1.54, 1.807) is 18.2 Å². The predicted octanol–water partition coefficient (Wildman–Crippen LogP) is 1.80. The van der Waals surface area contributed by atoms with Gasteiger partial charge in [-0.1, -0.05) is 11.6 Å². The standard InChI is InChI=1S/C16H22ClN3O3/c1-10(2)19-16(22)13-4-3-11(17)7-14(13)20-15(21)8-12-9-23-6-5-18-12/h3-4,7,10,12,18H,5-6,8-9H2,1-2H3,(H,19,22)(H,20,21). The average molecular weight is 340 g/mol. The van der Waals surface area contributed by atoms with Crippen LogP contribution < -0.4 is 16.0 Å². The molecule has 23 heavy (non-hydrogen) atoms. The first-order valence-electron chi connectivity index (χ1n) is 7.67. The van der Waals surface area contributed by atoms with Crippen LogP contribution in [0.15, 0.2) is 18.2 Å². The smallest absolute Gasteiger partial charge is 0.253 e. The Morgan fingerprint density at radius 1 is 1.43 bits per heavy atom. The van der Waals surface area contributed by atoms with Crippen molar-refractivity contribution in [3.63, 3.8) is 0 Å². The van der Waals surface area contributed by atoms with E-state index in [1.165, 1.54) is 0 Å². The molecule has 6 nitrogen and oxygen atoms in total. The summed E-state index contributed by atoms with van der Waals surface area (Å²) in [4.78, 5) is 24.4. The minimum atomic E-state index is -0.244. The van der Waals surface area contributed by atoms with Gasteiger partial charge in [0, 0.05) is 30.1 Å². The van der Waals surface area contributed by atoms with Gasteiger partial charge in [-0.3, -0.25) is 9.59 Å². The van der Waals surface area contributed by atoms with Crippen molar-refractivity contribution in [2.75, 3.05) is 25.1 Å². The Morgan fingerprint density at radius 2 is 2.22 bits per heavy atom. The average Bonchev–Trinajstić information content (AvgIpc) is 2.47. The van der Waals surface area contributed by atoms with E-state index >= 15 is 0 Å². The zero-order valence-electron chi connectivity index (χ0n) is 13.3. The number of hydrogen-bond donors (Lipinski definition) is 3. The maximum absolute atomic E-state index is 12.2. The fourth-order valence-corrected chi connectivity index (χ4v) is 2.51. The third-order valence-corrected chi connectivity index (χ3v) is 3.59. The first-order chi connectivity index (χ1) is 11.0. The van der Waals surface area contributed by atoms with Crippen LogP contribution in [0.4, 0.5) is 5.69 Å². The van der Waals surface area contributed by atoms with Crippen LogP contribution in [0.25, 0.3) is 0 Å². The first-order valence-corrected chi connectivity index (χ1v) is 8.05. The number of rotatable bonds is 5. The molecule has 2 rings (SSSR count). The summed E-state index contributed by atoms with van der Waals surface area (Å²) in [5, 5.41) is 9.26. The fourth-order valence-electron chi connectivity index (χ4n) is 2.33. The van der Waals surface area contributed by atoms with Gasteiger partial charge in [-0.15, -0.1) is 0 Å². The van der Waals surface area contributed by atoms with E-state index in [1.807, 2.05) is 13.8 Å². The van der Waals surface area contributed by atoms with Gasteiger partial charge < -0.3 is 20.7 Å². The predicted molar refractivity (Wildman–Crippen MR) is 89.9 cm³/mol. The van der Waals surface area contributed by atoms with Crippen LogP contribution in [0, 0.1) is 0 Å². The van der Waals surface area contributed by atoms with Gasteiger partial charge in [-0.05, 0) is 32.0 Å². The molecule has 1 heterocycles. The van der Waals surface area contributed by atoms with E-state index < -0.39 is 0 Å². The highest BCUT2D eigenvalue weighted by Gasteiger charge is 2.19. The fraction of sp³-hybridized carbons (Fsp3) is 0.500. The van der Waals surface area contributed by atoms with Crippen LogP contribution in [0.5, 0.6) is 0 Å². The van der Waals surface area contributed by atoms with E-state index in [4.69, 9.17) is 16.3 Å². The monoisotopic (exact) mass is 339 g/mol. The molecule has 0 bridgehead atoms. The number of carbonyl (C=O) groups is 2. The second kappa shape index (κ2) is 8.29. The quantitative estimate of drug-likeness (QED) is 0.764. The van der Waals surface area contributed by atoms with Crippen LogP contribution in [-0.4, -0.2) is 43.7 Å². The molecule has 1 aromatic carbocycles. The van der Waals surface area contributed by atoms with E-state index in [0.717, 1.165) is 6.54 Å². The maximum Gasteiger partial charge on any atom is 0.253 e. The van der Waals surface area contributed by atoms with Gasteiger partial charge in [0.25, 0.3) is 5.91 Å². The Balaban J connectivity index is 2.06. The summed E-state index contributed by atoms with van der Waals surface area (Å²) in [6.07, 6.45) is 0.276. The summed E-state index contributed by atoms with van der Waals surface area (Å²) in [5.41, 5.74) is 0.807. The van der Waals surface area contributed by atoms with Gasteiger partial charge in [-0.25, -0.2) is 0 Å². The third kappa shape index (κ3) is 5.49. The number of benzene rings is 1. The molecule has 0 aromatic heterocycles. The second-order valence-electron chi connectivity index (χ2n) is 5.80. The van der Waals surface area contributed by atoms with Crippen molar-refractivity contribution >= 4 is 29.1 Å². The number of morpholine rings is 1. The van der Waals surface area contributed by atoms with E-state index in [-0.39, 0.29) is 30.3 Å². The lowest BCUT2D eigenvalue weighted by atomic mass is 10.1. The van der Waals surface area contributed by atoms with Crippen molar-refractivity contribution in [1.82, 2.24) is 10.6 Å². The Morgan fingerprint density at radius 3 is 2.87 bits per heavy atom. The van der Waals surface area contributed by atoms with E-state index in [2.05, 4.69) is 16.0 Å². The molecule has 1 unspecified atom stereocenters. The van der Waals surface area contributed by atoms with Gasteiger partial charge in [-0.2, -0.15) is 0 Å². The highest BCUT2D eigenvalue weighted by atomic mass is 35.5. The largest absolute Gasteiger partial charge is 0.378 e. The number of anilines is 1. The molecule has 126 valence electrons. The SMILES string of the molecule is CC(C)NC(=O)c1ccc(Cl)cc1NC(=O)CC1COCCN1. The lowest BCUT2D eigenvalue weighted by Crippen LogP contribution is -2.43. The number of hydrogen-bond acceptors (Lipinski definition) is 4.